The summed E-state index contributed by atoms with van der Waals surface area (Å²) in [5.41, 5.74) is 1.63. The number of aromatic nitrogens is 1. The largest absolute Gasteiger partial charge is 0.436 e. The van der Waals surface area contributed by atoms with Crippen LogP contribution in [0.2, 0.25) is 5.02 Å². The average molecular weight is 534 g/mol. The van der Waals surface area contributed by atoms with Gasteiger partial charge in [-0.15, -0.1) is 0 Å². The van der Waals surface area contributed by atoms with Crippen molar-refractivity contribution in [3.05, 3.63) is 88.6 Å². The highest BCUT2D eigenvalue weighted by Gasteiger charge is 2.47. The lowest BCUT2D eigenvalue weighted by molar-refractivity contribution is -0.141. The number of anilines is 2. The van der Waals surface area contributed by atoms with Gasteiger partial charge in [0.25, 0.3) is 5.91 Å². The molecular weight excluding hydrogens is 506 g/mol. The van der Waals surface area contributed by atoms with Crippen molar-refractivity contribution in [1.29, 1.82) is 0 Å². The Morgan fingerprint density at radius 3 is 2.79 bits per heavy atom. The summed E-state index contributed by atoms with van der Waals surface area (Å²) in [5.74, 6) is -0.0794. The Kier molecular flexibility index (Phi) is 7.20. The highest BCUT2D eigenvalue weighted by Crippen LogP contribution is 2.43. The first-order chi connectivity index (χ1) is 18.4. The molecule has 2 atom stereocenters. The Hall–Kier alpha value is -4.11. The maximum Gasteiger partial charge on any atom is 0.412 e. The topological polar surface area (TPSA) is 113 Å². The first kappa shape index (κ1) is 25.5. The molecule has 38 heavy (non-hydrogen) atoms. The minimum absolute atomic E-state index is 0.160. The molecular formula is C28H28ClN5O4. The third-order valence-electron chi connectivity index (χ3n) is 6.93. The molecule has 3 amide bonds. The van der Waals surface area contributed by atoms with Gasteiger partial charge >= 0.3 is 6.09 Å². The summed E-state index contributed by atoms with van der Waals surface area (Å²) >= 11 is 6.29. The van der Waals surface area contributed by atoms with Crippen molar-refractivity contribution in [3.8, 4) is 0 Å². The molecule has 9 nitrogen and oxygen atoms in total. The Labute approximate surface area is 225 Å². The van der Waals surface area contributed by atoms with E-state index in [9.17, 15) is 14.4 Å². The standard InChI is InChI=1S/C28H28ClN5O4/c1-30-24-15-19(10-12-31-24)25(35)32-23(14-18-6-3-2-4-7-18)26(36)34-13-5-11-28(17-34)21-16-20(29)8-9-22(21)33-27(37)38-28/h2-4,6-10,12,15-16,23H,5,11,13-14,17H2,1H3,(H,30,31)(H,32,35)(H,33,37)/t23-,28?/m0/s1. The van der Waals surface area contributed by atoms with Crippen molar-refractivity contribution in [1.82, 2.24) is 15.2 Å². The Bertz CT molecular complexity index is 1370. The van der Waals surface area contributed by atoms with Crippen molar-refractivity contribution in [2.24, 2.45) is 0 Å². The van der Waals surface area contributed by atoms with E-state index in [-0.39, 0.29) is 18.4 Å². The molecule has 2 aliphatic rings. The summed E-state index contributed by atoms with van der Waals surface area (Å²) in [6.07, 6.45) is 2.45. The summed E-state index contributed by atoms with van der Waals surface area (Å²) in [6, 6.07) is 17.1. The minimum Gasteiger partial charge on any atom is -0.436 e. The molecule has 0 aliphatic carbocycles. The fourth-order valence-electron chi connectivity index (χ4n) is 5.10. The van der Waals surface area contributed by atoms with E-state index < -0.39 is 17.7 Å². The number of amides is 3. The second kappa shape index (κ2) is 10.7. The molecule has 0 bridgehead atoms. The molecule has 0 radical (unpaired) electrons. The van der Waals surface area contributed by atoms with E-state index in [1.807, 2.05) is 30.3 Å². The number of ether oxygens (including phenoxy) is 1. The van der Waals surface area contributed by atoms with E-state index in [1.54, 1.807) is 42.3 Å². The first-order valence-electron chi connectivity index (χ1n) is 12.4. The Morgan fingerprint density at radius 2 is 2.00 bits per heavy atom. The molecule has 1 spiro atoms. The smallest absolute Gasteiger partial charge is 0.412 e. The number of hydrogen-bond acceptors (Lipinski definition) is 6. The molecule has 1 unspecified atom stereocenters. The average Bonchev–Trinajstić information content (AvgIpc) is 2.93. The van der Waals surface area contributed by atoms with Gasteiger partial charge in [-0.3, -0.25) is 14.9 Å². The number of carbonyl (C=O) groups is 3. The van der Waals surface area contributed by atoms with Crippen LogP contribution in [-0.4, -0.2) is 54.0 Å². The molecule has 2 aliphatic heterocycles. The van der Waals surface area contributed by atoms with Gasteiger partial charge in [0.1, 0.15) is 11.9 Å². The second-order valence-corrected chi connectivity index (χ2v) is 9.89. The third-order valence-corrected chi connectivity index (χ3v) is 7.16. The van der Waals surface area contributed by atoms with Crippen LogP contribution >= 0.6 is 11.6 Å². The minimum atomic E-state index is -1.02. The number of rotatable bonds is 6. The normalized spacial score (nSPS) is 19.1. The van der Waals surface area contributed by atoms with Gasteiger partial charge in [-0.05, 0) is 48.7 Å². The number of piperidine rings is 1. The van der Waals surface area contributed by atoms with Crippen LogP contribution in [0, 0.1) is 0 Å². The van der Waals surface area contributed by atoms with Crippen LogP contribution in [0.5, 0.6) is 0 Å². The number of pyridine rings is 1. The number of nitrogens with one attached hydrogen (secondary N) is 3. The maximum atomic E-state index is 14.0. The molecule has 1 aromatic heterocycles. The van der Waals surface area contributed by atoms with Crippen LogP contribution in [0.15, 0.2) is 66.9 Å². The monoisotopic (exact) mass is 533 g/mol. The van der Waals surface area contributed by atoms with Crippen LogP contribution in [0.4, 0.5) is 16.3 Å². The van der Waals surface area contributed by atoms with Gasteiger partial charge in [0.05, 0.1) is 12.2 Å². The van der Waals surface area contributed by atoms with Crippen molar-refractivity contribution < 1.29 is 19.1 Å². The summed E-state index contributed by atoms with van der Waals surface area (Å²) < 4.78 is 5.85. The molecule has 3 N–H and O–H groups in total. The summed E-state index contributed by atoms with van der Waals surface area (Å²) in [7, 11) is 1.72. The number of nitrogens with zero attached hydrogens (tertiary/aromatic N) is 2. The van der Waals surface area contributed by atoms with E-state index in [4.69, 9.17) is 16.3 Å². The van der Waals surface area contributed by atoms with Crippen LogP contribution in [-0.2, 0) is 21.6 Å². The van der Waals surface area contributed by atoms with Gasteiger partial charge in [0.2, 0.25) is 5.91 Å². The molecule has 3 aromatic rings. The number of halogens is 1. The van der Waals surface area contributed by atoms with Crippen molar-refractivity contribution >= 4 is 41.0 Å². The third kappa shape index (κ3) is 5.28. The zero-order chi connectivity index (χ0) is 26.7. The van der Waals surface area contributed by atoms with Crippen molar-refractivity contribution in [3.63, 3.8) is 0 Å². The van der Waals surface area contributed by atoms with Crippen molar-refractivity contribution in [2.45, 2.75) is 30.9 Å². The highest BCUT2D eigenvalue weighted by atomic mass is 35.5. The molecule has 0 saturated carbocycles. The van der Waals surface area contributed by atoms with Crippen LogP contribution in [0.3, 0.4) is 0 Å². The lowest BCUT2D eigenvalue weighted by Gasteiger charge is -2.45. The highest BCUT2D eigenvalue weighted by molar-refractivity contribution is 6.30. The number of carbonyl (C=O) groups excluding carboxylic acids is 3. The lowest BCUT2D eigenvalue weighted by atomic mass is 9.83. The summed E-state index contributed by atoms with van der Waals surface area (Å²) in [5, 5.41) is 9.08. The van der Waals surface area contributed by atoms with Gasteiger partial charge in [-0.1, -0.05) is 41.9 Å². The zero-order valence-electron chi connectivity index (χ0n) is 20.9. The number of fused-ring (bicyclic) bond motifs is 2. The van der Waals surface area contributed by atoms with E-state index in [1.165, 1.54) is 6.20 Å². The molecule has 10 heteroatoms. The van der Waals surface area contributed by atoms with Gasteiger partial charge in [-0.2, -0.15) is 0 Å². The van der Waals surface area contributed by atoms with E-state index >= 15 is 0 Å². The number of benzene rings is 2. The van der Waals surface area contributed by atoms with Gasteiger partial charge in [-0.25, -0.2) is 9.78 Å². The van der Waals surface area contributed by atoms with Crippen LogP contribution in [0.1, 0.15) is 34.3 Å². The molecule has 1 saturated heterocycles. The van der Waals surface area contributed by atoms with Crippen molar-refractivity contribution in [2.75, 3.05) is 30.8 Å². The Balaban J connectivity index is 1.43. The second-order valence-electron chi connectivity index (χ2n) is 9.46. The molecule has 2 aromatic carbocycles. The van der Waals surface area contributed by atoms with E-state index in [0.717, 1.165) is 11.1 Å². The lowest BCUT2D eigenvalue weighted by Crippen LogP contribution is -2.57. The summed E-state index contributed by atoms with van der Waals surface area (Å²) in [6.45, 7) is 0.634. The fourth-order valence-corrected chi connectivity index (χ4v) is 5.28. The molecule has 3 heterocycles. The van der Waals surface area contributed by atoms with Crippen LogP contribution in [0.25, 0.3) is 0 Å². The fraction of sp³-hybridized carbons (Fsp3) is 0.286. The quantitative estimate of drug-likeness (QED) is 0.438. The Morgan fingerprint density at radius 1 is 1.18 bits per heavy atom. The predicted octanol–water partition coefficient (Wildman–Crippen LogP) is 4.20. The van der Waals surface area contributed by atoms with E-state index in [2.05, 4.69) is 20.9 Å². The maximum absolute atomic E-state index is 14.0. The summed E-state index contributed by atoms with van der Waals surface area (Å²) in [4.78, 5) is 45.5. The van der Waals surface area contributed by atoms with Gasteiger partial charge in [0.15, 0.2) is 5.60 Å². The zero-order valence-corrected chi connectivity index (χ0v) is 21.6. The number of likely N-dealkylation sites (tertiary alicyclic amines) is 1. The first-order valence-corrected chi connectivity index (χ1v) is 12.8. The number of hydrogen-bond donors (Lipinski definition) is 3. The molecule has 5 rings (SSSR count). The predicted molar refractivity (Wildman–Crippen MR) is 144 cm³/mol. The van der Waals surface area contributed by atoms with E-state index in [0.29, 0.717) is 47.9 Å². The SMILES string of the molecule is CNc1cc(C(=O)N[C@@H](Cc2ccccc2)C(=O)N2CCCC3(C2)OC(=O)Nc2ccc(Cl)cc23)ccn1. The molecule has 1 fully saturated rings. The van der Waals surface area contributed by atoms with Gasteiger partial charge in [0, 0.05) is 42.4 Å². The molecule has 196 valence electrons. The van der Waals surface area contributed by atoms with Crippen LogP contribution < -0.4 is 16.0 Å². The van der Waals surface area contributed by atoms with Gasteiger partial charge < -0.3 is 20.3 Å².